The van der Waals surface area contributed by atoms with Gasteiger partial charge in [-0.1, -0.05) is 29.8 Å². The summed E-state index contributed by atoms with van der Waals surface area (Å²) in [5.74, 6) is -1.02. The number of halogens is 2. The van der Waals surface area contributed by atoms with Crippen molar-refractivity contribution in [1.82, 2.24) is 20.1 Å². The largest absolute Gasteiger partial charge is 0.466 e. The molecule has 14 heteroatoms. The third kappa shape index (κ3) is 6.92. The molecule has 47 heavy (non-hydrogen) atoms. The maximum atomic E-state index is 14.0. The molecule has 3 aromatic rings. The monoisotopic (exact) mass is 678 g/mol. The predicted octanol–water partition coefficient (Wildman–Crippen LogP) is 4.66. The zero-order valence-electron chi connectivity index (χ0n) is 25.7. The van der Waals surface area contributed by atoms with E-state index in [1.807, 2.05) is 34.5 Å². The normalized spacial score (nSPS) is 19.9. The van der Waals surface area contributed by atoms with E-state index in [-0.39, 0.29) is 22.7 Å². The van der Waals surface area contributed by atoms with Crippen molar-refractivity contribution in [2.45, 2.75) is 19.0 Å². The molecule has 1 N–H and O–H groups in total. The minimum absolute atomic E-state index is 0.0704. The lowest BCUT2D eigenvalue weighted by molar-refractivity contribution is -0.137. The molecule has 1 aromatic heterocycles. The first-order valence-corrected chi connectivity index (χ1v) is 16.3. The van der Waals surface area contributed by atoms with Crippen LogP contribution in [0.4, 0.5) is 14.9 Å². The van der Waals surface area contributed by atoms with Gasteiger partial charge in [-0.2, -0.15) is 0 Å². The fourth-order valence-electron chi connectivity index (χ4n) is 5.94. The van der Waals surface area contributed by atoms with E-state index in [1.54, 1.807) is 24.1 Å². The van der Waals surface area contributed by atoms with Gasteiger partial charge in [-0.3, -0.25) is 14.8 Å². The quantitative estimate of drug-likeness (QED) is 0.257. The topological polar surface area (TPSA) is 117 Å². The maximum absolute atomic E-state index is 14.0. The van der Waals surface area contributed by atoms with Crippen LogP contribution < -0.4 is 10.2 Å². The first kappa shape index (κ1) is 32.4. The average Bonchev–Trinajstić information content (AvgIpc) is 3.72. The van der Waals surface area contributed by atoms with Gasteiger partial charge in [0.1, 0.15) is 11.9 Å². The fourth-order valence-corrected chi connectivity index (χ4v) is 6.80. The Kier molecular flexibility index (Phi) is 9.66. The van der Waals surface area contributed by atoms with Crippen molar-refractivity contribution in [3.8, 4) is 0 Å². The van der Waals surface area contributed by atoms with E-state index in [0.29, 0.717) is 61.4 Å². The first-order valence-electron chi connectivity index (χ1n) is 15.0. The molecule has 3 aliphatic rings. The van der Waals surface area contributed by atoms with Gasteiger partial charge >= 0.3 is 18.0 Å². The number of ether oxygens (including phenoxy) is 2. The fraction of sp³-hybridized carbons (Fsp3) is 0.303. The number of rotatable bonds is 9. The van der Waals surface area contributed by atoms with Crippen LogP contribution in [0.2, 0.25) is 5.02 Å². The molecule has 244 valence electrons. The third-order valence-corrected chi connectivity index (χ3v) is 9.25. The molecule has 3 aliphatic heterocycles. The molecule has 2 aromatic carbocycles. The lowest BCUT2D eigenvalue weighted by atomic mass is 9.95. The molecule has 11 nitrogen and oxygen atoms in total. The van der Waals surface area contributed by atoms with Crippen LogP contribution in [-0.4, -0.2) is 91.1 Å². The molecule has 0 radical (unpaired) electrons. The maximum Gasteiger partial charge on any atom is 0.338 e. The molecule has 4 heterocycles. The molecule has 0 saturated carbocycles. The highest BCUT2D eigenvalue weighted by Crippen LogP contribution is 2.37. The number of carbonyl (C=O) groups is 3. The number of carbonyl (C=O) groups excluding carboxylic acids is 3. The predicted molar refractivity (Wildman–Crippen MR) is 177 cm³/mol. The number of nitrogens with zero attached hydrogens (tertiary/aromatic N) is 5. The highest BCUT2D eigenvalue weighted by Gasteiger charge is 2.42. The van der Waals surface area contributed by atoms with E-state index in [9.17, 15) is 18.8 Å². The molecular weight excluding hydrogens is 647 g/mol. The lowest BCUT2D eigenvalue weighted by Gasteiger charge is -2.38. The molecule has 0 spiro atoms. The number of thiazole rings is 1. The summed E-state index contributed by atoms with van der Waals surface area (Å²) in [4.78, 5) is 53.4. The number of amides is 2. The summed E-state index contributed by atoms with van der Waals surface area (Å²) in [6.07, 6.45) is 4.71. The van der Waals surface area contributed by atoms with Crippen molar-refractivity contribution in [3.63, 3.8) is 0 Å². The SMILES string of the molecule is CCOC(=O)/C=C/c1ccc(N2C[C@@H]3CN(CC4=C(C(=O)OC)[C@H](c5ccc(F)cc5Cl)N=C(c5nccs5)N4)CCN3C2=O)cc1. The number of anilines is 1. The van der Waals surface area contributed by atoms with E-state index >= 15 is 0 Å². The van der Waals surface area contributed by atoms with E-state index in [2.05, 4.69) is 15.2 Å². The molecular formula is C33H32ClFN6O5S. The van der Waals surface area contributed by atoms with Gasteiger partial charge in [0, 0.05) is 72.3 Å². The molecule has 0 aliphatic carbocycles. The number of urea groups is 1. The van der Waals surface area contributed by atoms with E-state index in [4.69, 9.17) is 26.1 Å². The van der Waals surface area contributed by atoms with Gasteiger partial charge in [-0.05, 0) is 42.8 Å². The summed E-state index contributed by atoms with van der Waals surface area (Å²) in [7, 11) is 1.30. The van der Waals surface area contributed by atoms with Crippen molar-refractivity contribution in [2.24, 2.45) is 4.99 Å². The number of hydrogen-bond acceptors (Lipinski definition) is 10. The summed E-state index contributed by atoms with van der Waals surface area (Å²) >= 11 is 7.87. The Labute approximate surface area is 279 Å². The van der Waals surface area contributed by atoms with Gasteiger partial charge in [0.15, 0.2) is 10.8 Å². The molecule has 2 atom stereocenters. The molecule has 0 unspecified atom stereocenters. The number of amidine groups is 1. The van der Waals surface area contributed by atoms with E-state index in [0.717, 1.165) is 11.3 Å². The lowest BCUT2D eigenvalue weighted by Crippen LogP contribution is -2.53. The second-order valence-electron chi connectivity index (χ2n) is 11.0. The average molecular weight is 679 g/mol. The molecule has 2 saturated heterocycles. The van der Waals surface area contributed by atoms with Crippen LogP contribution in [0.5, 0.6) is 0 Å². The number of aliphatic imine (C=N–C) groups is 1. The number of benzene rings is 2. The Bertz CT molecular complexity index is 1760. The van der Waals surface area contributed by atoms with Crippen LogP contribution in [-0.2, 0) is 19.1 Å². The highest BCUT2D eigenvalue weighted by molar-refractivity contribution is 7.11. The van der Waals surface area contributed by atoms with Crippen molar-refractivity contribution < 1.29 is 28.2 Å². The van der Waals surface area contributed by atoms with Crippen molar-refractivity contribution in [1.29, 1.82) is 0 Å². The Morgan fingerprint density at radius 3 is 2.68 bits per heavy atom. The van der Waals surface area contributed by atoms with E-state index in [1.165, 1.54) is 42.7 Å². The Morgan fingerprint density at radius 1 is 1.17 bits per heavy atom. The number of hydrogen-bond donors (Lipinski definition) is 1. The van der Waals surface area contributed by atoms with Crippen LogP contribution in [0.15, 0.2) is 76.4 Å². The Balaban J connectivity index is 1.22. The summed E-state index contributed by atoms with van der Waals surface area (Å²) in [6, 6.07) is 10.4. The number of methoxy groups -OCH3 is 1. The number of aromatic nitrogens is 1. The summed E-state index contributed by atoms with van der Waals surface area (Å²) in [6.45, 7) is 4.52. The Morgan fingerprint density at radius 2 is 1.98 bits per heavy atom. The van der Waals surface area contributed by atoms with Crippen molar-refractivity contribution >= 4 is 58.5 Å². The third-order valence-electron chi connectivity index (χ3n) is 8.15. The first-order chi connectivity index (χ1) is 22.7. The van der Waals surface area contributed by atoms with Gasteiger partial charge in [0.2, 0.25) is 0 Å². The number of fused-ring (bicyclic) bond motifs is 1. The van der Waals surface area contributed by atoms with Gasteiger partial charge in [0.05, 0.1) is 25.3 Å². The van der Waals surface area contributed by atoms with Gasteiger partial charge in [-0.25, -0.2) is 23.8 Å². The summed E-state index contributed by atoms with van der Waals surface area (Å²) < 4.78 is 24.1. The van der Waals surface area contributed by atoms with Crippen molar-refractivity contribution in [3.05, 3.63) is 98.4 Å². The van der Waals surface area contributed by atoms with Crippen molar-refractivity contribution in [2.75, 3.05) is 51.3 Å². The number of piperazine rings is 1. The second-order valence-corrected chi connectivity index (χ2v) is 12.3. The zero-order chi connectivity index (χ0) is 33.1. The highest BCUT2D eigenvalue weighted by atomic mass is 35.5. The molecule has 6 rings (SSSR count). The van der Waals surface area contributed by atoms with Crippen LogP contribution in [0.3, 0.4) is 0 Å². The molecule has 0 bridgehead atoms. The smallest absolute Gasteiger partial charge is 0.338 e. The van der Waals surface area contributed by atoms with Crippen LogP contribution in [0, 0.1) is 5.82 Å². The minimum Gasteiger partial charge on any atom is -0.466 e. The van der Waals surface area contributed by atoms with E-state index < -0.39 is 23.8 Å². The summed E-state index contributed by atoms with van der Waals surface area (Å²) in [5, 5.41) is 5.92. The minimum atomic E-state index is -0.856. The standard InChI is InChI=1S/C33H32ClFN6O5S/c1-3-46-27(42)11-6-20-4-8-22(9-5-20)41-18-23-17-39(13-14-40(23)33(41)44)19-26-28(32(43)45-2)29(24-10-7-21(35)16-25(24)34)38-30(37-26)31-36-12-15-47-31/h4-12,15-16,23,29H,3,13-14,17-19H2,1-2H3,(H,37,38)/b11-6+/t23-,29-/m0/s1. The second kappa shape index (κ2) is 14.0. The number of esters is 2. The molecule has 2 fully saturated rings. The van der Waals surface area contributed by atoms with Gasteiger partial charge < -0.3 is 19.7 Å². The Hall–Kier alpha value is -4.59. The van der Waals surface area contributed by atoms with Gasteiger partial charge in [-0.15, -0.1) is 11.3 Å². The van der Waals surface area contributed by atoms with Crippen LogP contribution in [0.25, 0.3) is 6.08 Å². The van der Waals surface area contributed by atoms with Crippen LogP contribution in [0.1, 0.15) is 29.1 Å². The summed E-state index contributed by atoms with van der Waals surface area (Å²) in [5.41, 5.74) is 2.88. The zero-order valence-corrected chi connectivity index (χ0v) is 27.3. The molecule has 2 amide bonds. The number of nitrogens with one attached hydrogen (secondary N) is 1. The van der Waals surface area contributed by atoms with Gasteiger partial charge in [0.25, 0.3) is 0 Å². The van der Waals surface area contributed by atoms with Crippen LogP contribution >= 0.6 is 22.9 Å².